The zero-order valence-corrected chi connectivity index (χ0v) is 9.11. The maximum atomic E-state index is 2.28. The van der Waals surface area contributed by atoms with Crippen molar-refractivity contribution in [3.05, 3.63) is 0 Å². The van der Waals surface area contributed by atoms with Gasteiger partial charge in [-0.05, 0) is 5.92 Å². The van der Waals surface area contributed by atoms with E-state index in [-0.39, 0.29) is 0 Å². The Morgan fingerprint density at radius 3 is 1.36 bits per heavy atom. The van der Waals surface area contributed by atoms with Crippen molar-refractivity contribution in [1.82, 2.24) is 0 Å². The molecule has 0 heterocycles. The van der Waals surface area contributed by atoms with Crippen molar-refractivity contribution in [2.45, 2.75) is 66.7 Å². The van der Waals surface area contributed by atoms with E-state index >= 15 is 0 Å². The summed E-state index contributed by atoms with van der Waals surface area (Å²) in [7, 11) is 0. The van der Waals surface area contributed by atoms with Crippen LogP contribution in [0.1, 0.15) is 66.7 Å². The van der Waals surface area contributed by atoms with Gasteiger partial charge in [0.25, 0.3) is 0 Å². The molecule has 0 atom stereocenters. The van der Waals surface area contributed by atoms with Crippen LogP contribution in [-0.2, 0) is 0 Å². The SMILES string of the molecule is CC.CCC.CCC1CCC1. The van der Waals surface area contributed by atoms with Gasteiger partial charge in [-0.2, -0.15) is 0 Å². The van der Waals surface area contributed by atoms with Gasteiger partial charge in [-0.25, -0.2) is 0 Å². The second kappa shape index (κ2) is 12.7. The molecular formula is C11H26. The molecule has 70 valence electrons. The van der Waals surface area contributed by atoms with Crippen molar-refractivity contribution in [3.8, 4) is 0 Å². The van der Waals surface area contributed by atoms with Gasteiger partial charge in [0.1, 0.15) is 0 Å². The van der Waals surface area contributed by atoms with E-state index in [1.54, 1.807) is 0 Å². The highest BCUT2D eigenvalue weighted by Crippen LogP contribution is 2.28. The molecule has 1 saturated carbocycles. The molecule has 11 heavy (non-hydrogen) atoms. The Bertz CT molecular complexity index is 41.2. The lowest BCUT2D eigenvalue weighted by molar-refractivity contribution is 0.307. The first-order valence-corrected chi connectivity index (χ1v) is 5.35. The summed E-state index contributed by atoms with van der Waals surface area (Å²) in [5, 5.41) is 0. The molecule has 0 amide bonds. The Hall–Kier alpha value is 0. The van der Waals surface area contributed by atoms with Gasteiger partial charge < -0.3 is 0 Å². The molecule has 0 radical (unpaired) electrons. The number of hydrogen-bond donors (Lipinski definition) is 0. The van der Waals surface area contributed by atoms with Crippen molar-refractivity contribution in [1.29, 1.82) is 0 Å². The van der Waals surface area contributed by atoms with Crippen molar-refractivity contribution in [2.24, 2.45) is 5.92 Å². The molecule has 0 aromatic heterocycles. The molecule has 0 unspecified atom stereocenters. The molecule has 1 aliphatic carbocycles. The van der Waals surface area contributed by atoms with Gasteiger partial charge in [0.15, 0.2) is 0 Å². The van der Waals surface area contributed by atoms with E-state index in [0.717, 1.165) is 5.92 Å². The molecule has 0 spiro atoms. The Balaban J connectivity index is 0. The van der Waals surface area contributed by atoms with Gasteiger partial charge in [-0.3, -0.25) is 0 Å². The molecule has 0 heteroatoms. The topological polar surface area (TPSA) is 0 Å². The van der Waals surface area contributed by atoms with Gasteiger partial charge in [0.05, 0.1) is 0 Å². The summed E-state index contributed by atoms with van der Waals surface area (Å²) in [5.74, 6) is 1.12. The highest BCUT2D eigenvalue weighted by molar-refractivity contribution is 4.66. The fraction of sp³-hybridized carbons (Fsp3) is 1.00. The van der Waals surface area contributed by atoms with Crippen LogP contribution in [0.15, 0.2) is 0 Å². The van der Waals surface area contributed by atoms with Crippen molar-refractivity contribution < 1.29 is 0 Å². The van der Waals surface area contributed by atoms with Crippen LogP contribution in [0.5, 0.6) is 0 Å². The van der Waals surface area contributed by atoms with Gasteiger partial charge >= 0.3 is 0 Å². The summed E-state index contributed by atoms with van der Waals surface area (Å²) in [6.07, 6.45) is 7.19. The number of rotatable bonds is 1. The van der Waals surface area contributed by atoms with Gasteiger partial charge in [0.2, 0.25) is 0 Å². The third-order valence-corrected chi connectivity index (χ3v) is 1.80. The van der Waals surface area contributed by atoms with E-state index in [2.05, 4.69) is 20.8 Å². The van der Waals surface area contributed by atoms with Crippen LogP contribution in [0.2, 0.25) is 0 Å². The lowest BCUT2D eigenvalue weighted by Crippen LogP contribution is -2.08. The van der Waals surface area contributed by atoms with E-state index in [4.69, 9.17) is 0 Å². The predicted octanol–water partition coefficient (Wildman–Crippen LogP) is 4.64. The summed E-state index contributed by atoms with van der Waals surface area (Å²) in [5.41, 5.74) is 0. The fourth-order valence-electron chi connectivity index (χ4n) is 0.901. The molecule has 0 aromatic rings. The lowest BCUT2D eigenvalue weighted by atomic mass is 9.84. The molecule has 0 aromatic carbocycles. The van der Waals surface area contributed by atoms with E-state index in [9.17, 15) is 0 Å². The smallest absolute Gasteiger partial charge is 0.0417 e. The minimum atomic E-state index is 1.12. The predicted molar refractivity (Wildman–Crippen MR) is 54.9 cm³/mol. The molecule has 0 nitrogen and oxygen atoms in total. The van der Waals surface area contributed by atoms with Crippen LogP contribution in [0.4, 0.5) is 0 Å². The third-order valence-electron chi connectivity index (χ3n) is 1.80. The first-order valence-electron chi connectivity index (χ1n) is 5.35. The van der Waals surface area contributed by atoms with Crippen LogP contribution >= 0.6 is 0 Å². The molecule has 0 bridgehead atoms. The summed E-state index contributed by atoms with van der Waals surface area (Å²) in [6.45, 7) is 10.5. The average Bonchev–Trinajstić information content (AvgIpc) is 1.91. The standard InChI is InChI=1S/C6H12.C3H8.C2H6/c1-2-6-4-3-5-6;1-3-2;1-2/h6H,2-5H2,1H3;3H2,1-2H3;1-2H3. The zero-order valence-electron chi connectivity index (χ0n) is 9.11. The van der Waals surface area contributed by atoms with E-state index < -0.39 is 0 Å². The first kappa shape index (κ1) is 13.6. The Labute approximate surface area is 73.4 Å². The molecule has 0 aliphatic heterocycles. The van der Waals surface area contributed by atoms with Gasteiger partial charge in [-0.1, -0.05) is 66.7 Å². The van der Waals surface area contributed by atoms with Crippen molar-refractivity contribution in [2.75, 3.05) is 0 Å². The second-order valence-corrected chi connectivity index (χ2v) is 2.91. The van der Waals surface area contributed by atoms with Crippen LogP contribution < -0.4 is 0 Å². The molecule has 1 rings (SSSR count). The molecule has 0 N–H and O–H groups in total. The Kier molecular flexibility index (Phi) is 15.6. The van der Waals surface area contributed by atoms with Crippen LogP contribution in [0.25, 0.3) is 0 Å². The Morgan fingerprint density at radius 2 is 1.36 bits per heavy atom. The second-order valence-electron chi connectivity index (χ2n) is 2.91. The average molecular weight is 158 g/mol. The van der Waals surface area contributed by atoms with E-state index in [0.29, 0.717) is 0 Å². The van der Waals surface area contributed by atoms with E-state index in [1.807, 2.05) is 13.8 Å². The minimum Gasteiger partial charge on any atom is -0.0683 e. The highest BCUT2D eigenvalue weighted by Gasteiger charge is 2.13. The summed E-state index contributed by atoms with van der Waals surface area (Å²) >= 11 is 0. The highest BCUT2D eigenvalue weighted by atomic mass is 14.2. The van der Waals surface area contributed by atoms with Crippen molar-refractivity contribution >= 4 is 0 Å². The molecule has 1 aliphatic rings. The molecule has 1 fully saturated rings. The maximum absolute atomic E-state index is 2.28. The number of hydrogen-bond acceptors (Lipinski definition) is 0. The summed E-state index contributed by atoms with van der Waals surface area (Å²) < 4.78 is 0. The van der Waals surface area contributed by atoms with Crippen LogP contribution in [-0.4, -0.2) is 0 Å². The normalized spacial score (nSPS) is 15.0. The lowest BCUT2D eigenvalue weighted by Gasteiger charge is -2.22. The summed E-state index contributed by atoms with van der Waals surface area (Å²) in [4.78, 5) is 0. The first-order chi connectivity index (χ1) is 5.35. The minimum absolute atomic E-state index is 1.12. The monoisotopic (exact) mass is 158 g/mol. The maximum Gasteiger partial charge on any atom is -0.0417 e. The van der Waals surface area contributed by atoms with E-state index in [1.165, 1.54) is 32.1 Å². The molecular weight excluding hydrogens is 132 g/mol. The van der Waals surface area contributed by atoms with Crippen LogP contribution in [0.3, 0.4) is 0 Å². The van der Waals surface area contributed by atoms with Gasteiger partial charge in [0, 0.05) is 0 Å². The van der Waals surface area contributed by atoms with Gasteiger partial charge in [-0.15, -0.1) is 0 Å². The molecule has 0 saturated heterocycles. The third kappa shape index (κ3) is 10.0. The summed E-state index contributed by atoms with van der Waals surface area (Å²) in [6, 6.07) is 0. The quantitative estimate of drug-likeness (QED) is 0.521. The van der Waals surface area contributed by atoms with Crippen molar-refractivity contribution in [3.63, 3.8) is 0 Å². The zero-order chi connectivity index (χ0) is 9.11. The Morgan fingerprint density at radius 1 is 1.00 bits per heavy atom. The fourth-order valence-corrected chi connectivity index (χ4v) is 0.901. The largest absolute Gasteiger partial charge is 0.0683 e. The van der Waals surface area contributed by atoms with Crippen LogP contribution in [0, 0.1) is 5.92 Å².